The third-order valence-corrected chi connectivity index (χ3v) is 4.12. The molecule has 0 aliphatic heterocycles. The number of nitrogens with zero attached hydrogens (tertiary/aromatic N) is 3. The maximum atomic E-state index is 6.16. The predicted octanol–water partition coefficient (Wildman–Crippen LogP) is 5.28. The molecule has 0 unspecified atom stereocenters. The lowest BCUT2D eigenvalue weighted by Gasteiger charge is -2.12. The average Bonchev–Trinajstić information content (AvgIpc) is 2.55. The molecule has 122 valence electrons. The van der Waals surface area contributed by atoms with Crippen LogP contribution in [-0.2, 0) is 0 Å². The number of rotatable bonds is 4. The van der Waals surface area contributed by atoms with E-state index in [1.165, 1.54) is 6.20 Å². The topological polar surface area (TPSA) is 62.7 Å². The van der Waals surface area contributed by atoms with Crippen LogP contribution in [0.2, 0.25) is 10.0 Å². The Morgan fingerprint density at radius 2 is 1.46 bits per heavy atom. The third-order valence-electron chi connectivity index (χ3n) is 3.49. The molecule has 0 saturated carbocycles. The lowest BCUT2D eigenvalue weighted by atomic mass is 10.1. The quantitative estimate of drug-likeness (QED) is 0.663. The molecule has 0 aliphatic carbocycles. The summed E-state index contributed by atoms with van der Waals surface area (Å²) in [5.74, 6) is 0.884. The summed E-state index contributed by atoms with van der Waals surface area (Å²) in [5.41, 5.74) is 3.75. The molecule has 1 heterocycles. The van der Waals surface area contributed by atoms with Gasteiger partial charge in [0.15, 0.2) is 5.82 Å². The molecule has 0 fully saturated rings. The minimum absolute atomic E-state index is 0.389. The van der Waals surface area contributed by atoms with Crippen molar-refractivity contribution in [2.24, 2.45) is 0 Å². The van der Waals surface area contributed by atoms with Crippen molar-refractivity contribution < 1.29 is 0 Å². The van der Waals surface area contributed by atoms with E-state index in [9.17, 15) is 0 Å². The Morgan fingerprint density at radius 1 is 0.833 bits per heavy atom. The number of anilines is 4. The molecule has 0 bridgehead atoms. The molecule has 0 atom stereocenters. The van der Waals surface area contributed by atoms with Crippen molar-refractivity contribution in [3.63, 3.8) is 0 Å². The van der Waals surface area contributed by atoms with E-state index >= 15 is 0 Å². The van der Waals surface area contributed by atoms with Gasteiger partial charge in [-0.2, -0.15) is 10.1 Å². The van der Waals surface area contributed by atoms with E-state index in [0.717, 1.165) is 16.8 Å². The van der Waals surface area contributed by atoms with E-state index in [1.807, 2.05) is 32.0 Å². The number of benzene rings is 2. The molecule has 3 aromatic rings. The van der Waals surface area contributed by atoms with Crippen LogP contribution >= 0.6 is 23.2 Å². The Kier molecular flexibility index (Phi) is 4.83. The zero-order chi connectivity index (χ0) is 17.1. The highest BCUT2D eigenvalue weighted by atomic mass is 35.5. The molecule has 0 amide bonds. The summed E-state index contributed by atoms with van der Waals surface area (Å²) < 4.78 is 0. The SMILES string of the molecule is Cc1cccc(C)c1Nc1nncc(Nc2c(Cl)cccc2Cl)n1. The zero-order valence-corrected chi connectivity index (χ0v) is 14.7. The van der Waals surface area contributed by atoms with Crippen molar-refractivity contribution in [3.8, 4) is 0 Å². The summed E-state index contributed by atoms with van der Waals surface area (Å²) in [5, 5.41) is 15.3. The highest BCUT2D eigenvalue weighted by Gasteiger charge is 2.09. The maximum absolute atomic E-state index is 6.16. The fourth-order valence-corrected chi connectivity index (χ4v) is 2.78. The average molecular weight is 360 g/mol. The fourth-order valence-electron chi connectivity index (χ4n) is 2.29. The van der Waals surface area contributed by atoms with Crippen LogP contribution in [0.5, 0.6) is 0 Å². The molecular weight excluding hydrogens is 345 g/mol. The van der Waals surface area contributed by atoms with Gasteiger partial charge in [-0.15, -0.1) is 5.10 Å². The Hall–Kier alpha value is -2.37. The summed E-state index contributed by atoms with van der Waals surface area (Å²) in [6.45, 7) is 4.04. The number of aromatic nitrogens is 3. The smallest absolute Gasteiger partial charge is 0.249 e. The molecule has 0 saturated heterocycles. The Labute approximate surface area is 150 Å². The molecule has 1 aromatic heterocycles. The summed E-state index contributed by atoms with van der Waals surface area (Å²) >= 11 is 12.3. The molecule has 7 heteroatoms. The van der Waals surface area contributed by atoms with Crippen LogP contribution in [-0.4, -0.2) is 15.2 Å². The number of hydrogen-bond acceptors (Lipinski definition) is 5. The van der Waals surface area contributed by atoms with Crippen molar-refractivity contribution in [3.05, 3.63) is 63.8 Å². The Bertz CT molecular complexity index is 773. The van der Waals surface area contributed by atoms with Crippen molar-refractivity contribution in [1.29, 1.82) is 0 Å². The first kappa shape index (κ1) is 16.5. The number of aryl methyl sites for hydroxylation is 2. The van der Waals surface area contributed by atoms with E-state index in [1.54, 1.807) is 18.2 Å². The highest BCUT2D eigenvalue weighted by Crippen LogP contribution is 2.32. The second-order valence-corrected chi connectivity index (χ2v) is 6.09. The largest absolute Gasteiger partial charge is 0.336 e. The molecule has 0 spiro atoms. The van der Waals surface area contributed by atoms with Crippen LogP contribution in [0.25, 0.3) is 0 Å². The first-order valence-electron chi connectivity index (χ1n) is 7.28. The van der Waals surface area contributed by atoms with Crippen molar-refractivity contribution >= 4 is 46.3 Å². The van der Waals surface area contributed by atoms with Crippen LogP contribution in [0.3, 0.4) is 0 Å². The van der Waals surface area contributed by atoms with E-state index in [-0.39, 0.29) is 0 Å². The van der Waals surface area contributed by atoms with Crippen molar-refractivity contribution in [2.75, 3.05) is 10.6 Å². The number of halogens is 2. The monoisotopic (exact) mass is 359 g/mol. The second kappa shape index (κ2) is 7.03. The molecule has 2 N–H and O–H groups in total. The highest BCUT2D eigenvalue weighted by molar-refractivity contribution is 6.39. The van der Waals surface area contributed by atoms with Gasteiger partial charge in [-0.05, 0) is 37.1 Å². The van der Waals surface area contributed by atoms with Crippen molar-refractivity contribution in [2.45, 2.75) is 13.8 Å². The van der Waals surface area contributed by atoms with Gasteiger partial charge in [0.05, 0.1) is 21.9 Å². The van der Waals surface area contributed by atoms with E-state index in [4.69, 9.17) is 23.2 Å². The molecule has 0 radical (unpaired) electrons. The summed E-state index contributed by atoms with van der Waals surface area (Å²) in [4.78, 5) is 4.41. The summed E-state index contributed by atoms with van der Waals surface area (Å²) in [6.07, 6.45) is 1.51. The van der Waals surface area contributed by atoms with E-state index in [2.05, 4.69) is 25.8 Å². The second-order valence-electron chi connectivity index (χ2n) is 5.28. The first-order valence-corrected chi connectivity index (χ1v) is 8.04. The van der Waals surface area contributed by atoms with Gasteiger partial charge in [-0.25, -0.2) is 0 Å². The Balaban J connectivity index is 1.87. The summed E-state index contributed by atoms with van der Waals surface area (Å²) in [6, 6.07) is 11.3. The van der Waals surface area contributed by atoms with Crippen LogP contribution in [0.1, 0.15) is 11.1 Å². The first-order chi connectivity index (χ1) is 11.5. The Morgan fingerprint density at radius 3 is 2.12 bits per heavy atom. The van der Waals surface area contributed by atoms with Gasteiger partial charge in [0, 0.05) is 5.69 Å². The van der Waals surface area contributed by atoms with E-state index in [0.29, 0.717) is 27.5 Å². The maximum Gasteiger partial charge on any atom is 0.249 e. The number of hydrogen-bond donors (Lipinski definition) is 2. The van der Waals surface area contributed by atoms with Gasteiger partial charge in [0.2, 0.25) is 5.95 Å². The molecular formula is C17H15Cl2N5. The van der Waals surface area contributed by atoms with Gasteiger partial charge in [0.1, 0.15) is 0 Å². The van der Waals surface area contributed by atoms with Crippen LogP contribution in [0, 0.1) is 13.8 Å². The molecule has 2 aromatic carbocycles. The van der Waals surface area contributed by atoms with Crippen LogP contribution < -0.4 is 10.6 Å². The molecule has 3 rings (SSSR count). The van der Waals surface area contributed by atoms with Gasteiger partial charge in [0.25, 0.3) is 0 Å². The standard InChI is InChI=1S/C17H15Cl2N5/c1-10-5-3-6-11(2)15(10)23-17-22-14(9-20-24-17)21-16-12(18)7-4-8-13(16)19/h3-9H,1-2H3,(H2,21,22,23,24). The van der Waals surface area contributed by atoms with Crippen LogP contribution in [0.4, 0.5) is 23.1 Å². The third kappa shape index (κ3) is 3.58. The van der Waals surface area contributed by atoms with E-state index < -0.39 is 0 Å². The van der Waals surface area contributed by atoms with Gasteiger partial charge in [-0.3, -0.25) is 0 Å². The fraction of sp³-hybridized carbons (Fsp3) is 0.118. The molecule has 5 nitrogen and oxygen atoms in total. The zero-order valence-electron chi connectivity index (χ0n) is 13.1. The minimum Gasteiger partial charge on any atom is -0.336 e. The normalized spacial score (nSPS) is 10.5. The van der Waals surface area contributed by atoms with Gasteiger partial charge in [-0.1, -0.05) is 47.5 Å². The molecule has 24 heavy (non-hydrogen) atoms. The number of nitrogens with one attached hydrogen (secondary N) is 2. The van der Waals surface area contributed by atoms with Crippen LogP contribution in [0.15, 0.2) is 42.6 Å². The predicted molar refractivity (Wildman–Crippen MR) is 98.8 cm³/mol. The lowest BCUT2D eigenvalue weighted by molar-refractivity contribution is 0.981. The van der Waals surface area contributed by atoms with Gasteiger partial charge >= 0.3 is 0 Å². The van der Waals surface area contributed by atoms with Gasteiger partial charge < -0.3 is 10.6 Å². The minimum atomic E-state index is 0.389. The lowest BCUT2D eigenvalue weighted by Crippen LogP contribution is -2.04. The van der Waals surface area contributed by atoms with Crippen molar-refractivity contribution in [1.82, 2.24) is 15.2 Å². The summed E-state index contributed by atoms with van der Waals surface area (Å²) in [7, 11) is 0. The number of para-hydroxylation sites is 2. The molecule has 0 aliphatic rings.